The Balaban J connectivity index is 1.47. The number of anilines is 1. The molecule has 3 aromatic carbocycles. The summed E-state index contributed by atoms with van der Waals surface area (Å²) in [4.78, 5) is 30.7. The van der Waals surface area contributed by atoms with E-state index < -0.39 is 0 Å². The quantitative estimate of drug-likeness (QED) is 0.340. The van der Waals surface area contributed by atoms with Gasteiger partial charge in [-0.25, -0.2) is 0 Å². The van der Waals surface area contributed by atoms with Crippen molar-refractivity contribution in [3.8, 4) is 11.4 Å². The lowest BCUT2D eigenvalue weighted by Gasteiger charge is -2.40. The van der Waals surface area contributed by atoms with Gasteiger partial charge in [0.1, 0.15) is 18.3 Å². The van der Waals surface area contributed by atoms with Crippen LogP contribution in [0, 0.1) is 6.92 Å². The van der Waals surface area contributed by atoms with Crippen molar-refractivity contribution in [3.05, 3.63) is 114 Å². The lowest BCUT2D eigenvalue weighted by Crippen LogP contribution is -2.49. The van der Waals surface area contributed by atoms with Crippen LogP contribution in [0.2, 0.25) is 0 Å². The first-order valence-corrected chi connectivity index (χ1v) is 12.6. The zero-order chi connectivity index (χ0) is 25.9. The fourth-order valence-corrected chi connectivity index (χ4v) is 4.85. The first-order valence-electron chi connectivity index (χ1n) is 12.6. The van der Waals surface area contributed by atoms with Crippen molar-refractivity contribution in [3.63, 3.8) is 0 Å². The molecule has 0 spiro atoms. The summed E-state index contributed by atoms with van der Waals surface area (Å²) >= 11 is 0. The molecule has 188 valence electrons. The summed E-state index contributed by atoms with van der Waals surface area (Å²) < 4.78 is 7.84. The minimum absolute atomic E-state index is 0.0495. The fourth-order valence-electron chi connectivity index (χ4n) is 4.85. The molecule has 1 aliphatic rings. The average molecular weight is 494 g/mol. The highest BCUT2D eigenvalue weighted by Gasteiger charge is 2.37. The zero-order valence-corrected chi connectivity index (χ0v) is 21.4. The molecule has 1 aliphatic heterocycles. The maximum atomic E-state index is 14.1. The van der Waals surface area contributed by atoms with Gasteiger partial charge in [0.15, 0.2) is 6.61 Å². The van der Waals surface area contributed by atoms with Crippen molar-refractivity contribution < 1.29 is 14.3 Å². The molecule has 1 unspecified atom stereocenters. The highest BCUT2D eigenvalue weighted by molar-refractivity contribution is 6.00. The Morgan fingerprint density at radius 2 is 1.54 bits per heavy atom. The molecule has 2 heterocycles. The Labute approximate surface area is 217 Å². The molecule has 0 radical (unpaired) electrons. The van der Waals surface area contributed by atoms with Crippen LogP contribution >= 0.6 is 0 Å². The van der Waals surface area contributed by atoms with Gasteiger partial charge in [-0.3, -0.25) is 14.5 Å². The third kappa shape index (κ3) is 4.87. The minimum atomic E-state index is -0.317. The Kier molecular flexibility index (Phi) is 6.82. The number of rotatable bonds is 7. The minimum Gasteiger partial charge on any atom is -0.484 e. The number of benzene rings is 3. The maximum absolute atomic E-state index is 14.1. The van der Waals surface area contributed by atoms with Crippen LogP contribution in [0.25, 0.3) is 5.69 Å². The monoisotopic (exact) mass is 493 g/mol. The molecule has 37 heavy (non-hydrogen) atoms. The van der Waals surface area contributed by atoms with E-state index in [0.717, 1.165) is 28.2 Å². The number of nitrogens with zero attached hydrogens (tertiary/aromatic N) is 3. The van der Waals surface area contributed by atoms with Gasteiger partial charge >= 0.3 is 0 Å². The Morgan fingerprint density at radius 3 is 2.24 bits per heavy atom. The normalized spacial score (nSPS) is 14.2. The molecule has 1 aromatic heterocycles. The summed E-state index contributed by atoms with van der Waals surface area (Å²) in [5, 5.41) is 0. The maximum Gasteiger partial charge on any atom is 0.261 e. The molecule has 0 saturated carbocycles. The van der Waals surface area contributed by atoms with Crippen molar-refractivity contribution in [2.45, 2.75) is 32.9 Å². The van der Waals surface area contributed by atoms with Crippen molar-refractivity contribution in [2.75, 3.05) is 18.1 Å². The van der Waals surface area contributed by atoms with Gasteiger partial charge in [-0.2, -0.15) is 0 Å². The summed E-state index contributed by atoms with van der Waals surface area (Å²) in [6.45, 7) is 5.71. The predicted octanol–water partition coefficient (Wildman–Crippen LogP) is 5.54. The molecule has 0 saturated heterocycles. The number of aromatic nitrogens is 1. The number of fused-ring (bicyclic) bond motifs is 3. The summed E-state index contributed by atoms with van der Waals surface area (Å²) in [5.74, 6) is 0.246. The number of amides is 2. The van der Waals surface area contributed by atoms with Crippen molar-refractivity contribution in [2.24, 2.45) is 0 Å². The van der Waals surface area contributed by atoms with Crippen LogP contribution in [0.1, 0.15) is 36.7 Å². The molecule has 0 fully saturated rings. The van der Waals surface area contributed by atoms with Gasteiger partial charge in [0.05, 0.1) is 17.1 Å². The molecule has 0 bridgehead atoms. The second-order valence-electron chi connectivity index (χ2n) is 9.59. The molecule has 5 rings (SSSR count). The van der Waals surface area contributed by atoms with E-state index in [1.165, 1.54) is 0 Å². The highest BCUT2D eigenvalue weighted by atomic mass is 16.5. The van der Waals surface area contributed by atoms with E-state index in [-0.39, 0.29) is 37.0 Å². The Bertz CT molecular complexity index is 1390. The molecule has 2 amide bonds. The highest BCUT2D eigenvalue weighted by Crippen LogP contribution is 2.42. The lowest BCUT2D eigenvalue weighted by molar-refractivity contribution is -0.138. The van der Waals surface area contributed by atoms with Gasteiger partial charge in [-0.05, 0) is 62.7 Å². The third-order valence-corrected chi connectivity index (χ3v) is 6.74. The topological polar surface area (TPSA) is 54.8 Å². The first-order chi connectivity index (χ1) is 17.9. The second-order valence-corrected chi connectivity index (χ2v) is 9.59. The van der Waals surface area contributed by atoms with Crippen LogP contribution < -0.4 is 9.64 Å². The van der Waals surface area contributed by atoms with Crippen LogP contribution in [0.5, 0.6) is 5.75 Å². The predicted molar refractivity (Wildman–Crippen MR) is 145 cm³/mol. The fraction of sp³-hybridized carbons (Fsp3) is 0.226. The summed E-state index contributed by atoms with van der Waals surface area (Å²) in [6, 6.07) is 29.0. The lowest BCUT2D eigenvalue weighted by atomic mass is 9.97. The van der Waals surface area contributed by atoms with E-state index in [2.05, 4.69) is 41.8 Å². The molecule has 0 N–H and O–H groups in total. The Hall–Kier alpha value is -4.32. The van der Waals surface area contributed by atoms with Crippen molar-refractivity contribution in [1.29, 1.82) is 0 Å². The standard InChI is InChI=1S/C31H31N3O3/c1-22(2)33(30(36)21-37-25-10-5-4-6-11-25)20-29(35)34-27-13-8-7-12-26(27)32-19-9-14-28(32)31(34)24-17-15-23(3)16-18-24/h4-19,22,31H,20-21H2,1-3H3. The van der Waals surface area contributed by atoms with Gasteiger partial charge in [0, 0.05) is 12.2 Å². The molecule has 0 aliphatic carbocycles. The van der Waals surface area contributed by atoms with Crippen LogP contribution in [-0.2, 0) is 9.59 Å². The Morgan fingerprint density at radius 1 is 0.865 bits per heavy atom. The number of ether oxygens (including phenoxy) is 1. The summed E-state index contributed by atoms with van der Waals surface area (Å²) in [7, 11) is 0. The van der Waals surface area contributed by atoms with Crippen LogP contribution in [0.3, 0.4) is 0 Å². The van der Waals surface area contributed by atoms with E-state index in [9.17, 15) is 9.59 Å². The summed E-state index contributed by atoms with van der Waals surface area (Å²) in [6.07, 6.45) is 2.03. The van der Waals surface area contributed by atoms with E-state index in [1.54, 1.807) is 4.90 Å². The molecule has 6 nitrogen and oxygen atoms in total. The molecular formula is C31H31N3O3. The molecule has 4 aromatic rings. The SMILES string of the molecule is Cc1ccc(C2c3cccn3-c3ccccc3N2C(=O)CN(C(=O)COc2ccccc2)C(C)C)cc1. The number of carbonyl (C=O) groups excluding carboxylic acids is 2. The molecule has 6 heteroatoms. The molecule has 1 atom stereocenters. The first kappa shape index (κ1) is 24.4. The van der Waals surface area contributed by atoms with Gasteiger partial charge < -0.3 is 14.2 Å². The van der Waals surface area contributed by atoms with Crippen LogP contribution in [0.4, 0.5) is 5.69 Å². The number of hydrogen-bond donors (Lipinski definition) is 0. The smallest absolute Gasteiger partial charge is 0.261 e. The molecular weight excluding hydrogens is 462 g/mol. The van der Waals surface area contributed by atoms with E-state index >= 15 is 0 Å². The third-order valence-electron chi connectivity index (χ3n) is 6.74. The van der Waals surface area contributed by atoms with Gasteiger partial charge in [0.25, 0.3) is 5.91 Å². The van der Waals surface area contributed by atoms with Crippen LogP contribution in [-0.4, -0.2) is 40.5 Å². The number of carbonyl (C=O) groups is 2. The van der Waals surface area contributed by atoms with Gasteiger partial charge in [-0.1, -0.05) is 60.2 Å². The number of para-hydroxylation sites is 3. The van der Waals surface area contributed by atoms with E-state index in [1.807, 2.05) is 85.6 Å². The number of aryl methyl sites for hydroxylation is 1. The van der Waals surface area contributed by atoms with Crippen LogP contribution in [0.15, 0.2) is 97.2 Å². The van der Waals surface area contributed by atoms with Crippen molar-refractivity contribution in [1.82, 2.24) is 9.47 Å². The second kappa shape index (κ2) is 10.3. The average Bonchev–Trinajstić information content (AvgIpc) is 3.40. The number of hydrogen-bond acceptors (Lipinski definition) is 3. The van der Waals surface area contributed by atoms with E-state index in [4.69, 9.17) is 4.74 Å². The largest absolute Gasteiger partial charge is 0.484 e. The summed E-state index contributed by atoms with van der Waals surface area (Å²) in [5.41, 5.74) is 4.93. The van der Waals surface area contributed by atoms with Crippen molar-refractivity contribution >= 4 is 17.5 Å². The van der Waals surface area contributed by atoms with E-state index in [0.29, 0.717) is 5.75 Å². The van der Waals surface area contributed by atoms with Gasteiger partial charge in [-0.15, -0.1) is 0 Å². The zero-order valence-electron chi connectivity index (χ0n) is 21.4. The van der Waals surface area contributed by atoms with Gasteiger partial charge in [0.2, 0.25) is 5.91 Å².